The lowest BCUT2D eigenvalue weighted by atomic mass is 9.98. The van der Waals surface area contributed by atoms with Gasteiger partial charge in [0.05, 0.1) is 17.8 Å². The highest BCUT2D eigenvalue weighted by Crippen LogP contribution is 2.34. The van der Waals surface area contributed by atoms with Gasteiger partial charge in [-0.15, -0.1) is 11.8 Å². The summed E-state index contributed by atoms with van der Waals surface area (Å²) in [5.41, 5.74) is 9.08. The van der Waals surface area contributed by atoms with Gasteiger partial charge in [0.1, 0.15) is 5.82 Å². The van der Waals surface area contributed by atoms with Crippen molar-refractivity contribution in [3.8, 4) is 0 Å². The highest BCUT2D eigenvalue weighted by molar-refractivity contribution is 7.99. The van der Waals surface area contributed by atoms with Crippen LogP contribution in [0.1, 0.15) is 75.6 Å². The number of nitrogens with zero attached hydrogens (tertiary/aromatic N) is 6. The Kier molecular flexibility index (Phi) is 7.84. The van der Waals surface area contributed by atoms with Crippen LogP contribution in [0.4, 0.5) is 5.82 Å². The number of rotatable bonds is 8. The number of aryl methyl sites for hydroxylation is 1. The van der Waals surface area contributed by atoms with Crippen LogP contribution in [-0.2, 0) is 4.79 Å². The topological polar surface area (TPSA) is 83.0 Å². The minimum Gasteiger partial charge on any atom is -0.355 e. The number of amides is 1. The fraction of sp³-hybridized carbons (Fsp3) is 0.731. The van der Waals surface area contributed by atoms with E-state index in [9.17, 15) is 4.79 Å². The molecule has 2 aromatic rings. The Labute approximate surface area is 213 Å². The Hall–Kier alpha value is -1.84. The molecule has 3 aliphatic heterocycles. The van der Waals surface area contributed by atoms with Gasteiger partial charge in [0.15, 0.2) is 5.65 Å². The summed E-state index contributed by atoms with van der Waals surface area (Å²) in [6.45, 7) is 7.99. The molecule has 0 aromatic carbocycles. The Morgan fingerprint density at radius 2 is 2.09 bits per heavy atom. The van der Waals surface area contributed by atoms with Crippen molar-refractivity contribution in [2.24, 2.45) is 5.73 Å². The van der Waals surface area contributed by atoms with Gasteiger partial charge in [-0.05, 0) is 45.6 Å². The van der Waals surface area contributed by atoms with Crippen LogP contribution in [0.2, 0.25) is 0 Å². The summed E-state index contributed by atoms with van der Waals surface area (Å²) >= 11 is 1.90. The summed E-state index contributed by atoms with van der Waals surface area (Å²) in [7, 11) is 0. The van der Waals surface area contributed by atoms with Crippen molar-refractivity contribution >= 4 is 29.1 Å². The van der Waals surface area contributed by atoms with E-state index in [1.54, 1.807) is 0 Å². The van der Waals surface area contributed by atoms with Crippen LogP contribution in [0.3, 0.4) is 0 Å². The predicted octanol–water partition coefficient (Wildman–Crippen LogP) is 3.58. The van der Waals surface area contributed by atoms with E-state index in [4.69, 9.17) is 15.8 Å². The molecule has 3 saturated heterocycles. The normalized spacial score (nSPS) is 25.7. The third-order valence-electron chi connectivity index (χ3n) is 7.83. The van der Waals surface area contributed by atoms with E-state index >= 15 is 0 Å². The molecule has 192 valence electrons. The van der Waals surface area contributed by atoms with E-state index in [0.717, 1.165) is 86.2 Å². The molecule has 0 aliphatic carbocycles. The number of carbonyl (C=O) groups excluding carboxylic acids is 1. The van der Waals surface area contributed by atoms with E-state index in [1.807, 2.05) is 16.3 Å². The number of hydrogen-bond donors (Lipinski definition) is 1. The SMILES string of the molecule is CCCCCCN1CSCC1C(=O)N1CCCCC1c1cc2nc(N3CCC(N)C3)c(C)cn2n1. The summed E-state index contributed by atoms with van der Waals surface area (Å²) in [4.78, 5) is 25.6. The molecule has 5 rings (SSSR count). The number of anilines is 1. The number of thioether (sulfide) groups is 1. The van der Waals surface area contributed by atoms with E-state index < -0.39 is 0 Å². The maximum absolute atomic E-state index is 13.8. The summed E-state index contributed by atoms with van der Waals surface area (Å²) in [5, 5.41) is 4.93. The minimum atomic E-state index is 0.00519. The van der Waals surface area contributed by atoms with E-state index in [0.29, 0.717) is 5.91 Å². The lowest BCUT2D eigenvalue weighted by Gasteiger charge is -2.37. The third-order valence-corrected chi connectivity index (χ3v) is 8.90. The average Bonchev–Trinajstić information content (AvgIpc) is 3.60. The summed E-state index contributed by atoms with van der Waals surface area (Å²) < 4.78 is 1.90. The van der Waals surface area contributed by atoms with Crippen LogP contribution in [0.25, 0.3) is 5.65 Å². The second kappa shape index (κ2) is 11.0. The van der Waals surface area contributed by atoms with Gasteiger partial charge in [-0.25, -0.2) is 9.50 Å². The van der Waals surface area contributed by atoms with Crippen LogP contribution >= 0.6 is 11.8 Å². The Morgan fingerprint density at radius 1 is 1.20 bits per heavy atom. The number of carbonyl (C=O) groups is 1. The van der Waals surface area contributed by atoms with Gasteiger partial charge < -0.3 is 15.5 Å². The van der Waals surface area contributed by atoms with E-state index in [1.165, 1.54) is 25.7 Å². The zero-order chi connectivity index (χ0) is 24.4. The van der Waals surface area contributed by atoms with Gasteiger partial charge in [-0.3, -0.25) is 9.69 Å². The van der Waals surface area contributed by atoms with Crippen molar-refractivity contribution in [3.05, 3.63) is 23.5 Å². The Balaban J connectivity index is 1.34. The van der Waals surface area contributed by atoms with Crippen LogP contribution in [0.5, 0.6) is 0 Å². The molecule has 3 atom stereocenters. The zero-order valence-corrected chi connectivity index (χ0v) is 22.2. The molecule has 3 unspecified atom stereocenters. The summed E-state index contributed by atoms with van der Waals surface area (Å²) in [5.74, 6) is 3.18. The quantitative estimate of drug-likeness (QED) is 0.556. The van der Waals surface area contributed by atoms with Crippen LogP contribution in [0.15, 0.2) is 12.3 Å². The van der Waals surface area contributed by atoms with Crippen molar-refractivity contribution in [2.45, 2.75) is 83.3 Å². The van der Waals surface area contributed by atoms with Gasteiger partial charge in [-0.2, -0.15) is 5.10 Å². The van der Waals surface area contributed by atoms with Gasteiger partial charge in [0, 0.05) is 55.1 Å². The fourth-order valence-corrected chi connectivity index (χ4v) is 7.07. The van der Waals surface area contributed by atoms with Crippen molar-refractivity contribution in [1.29, 1.82) is 0 Å². The highest BCUT2D eigenvalue weighted by Gasteiger charge is 2.38. The molecule has 0 saturated carbocycles. The first-order valence-electron chi connectivity index (χ1n) is 13.5. The van der Waals surface area contributed by atoms with Gasteiger partial charge in [0.2, 0.25) is 5.91 Å². The molecule has 5 heterocycles. The maximum Gasteiger partial charge on any atom is 0.241 e. The maximum atomic E-state index is 13.8. The molecule has 9 heteroatoms. The molecule has 35 heavy (non-hydrogen) atoms. The zero-order valence-electron chi connectivity index (χ0n) is 21.4. The number of piperidine rings is 1. The monoisotopic (exact) mass is 499 g/mol. The molecular formula is C26H41N7OS. The molecular weight excluding hydrogens is 458 g/mol. The van der Waals surface area contributed by atoms with Gasteiger partial charge in [0.25, 0.3) is 0 Å². The highest BCUT2D eigenvalue weighted by atomic mass is 32.2. The lowest BCUT2D eigenvalue weighted by molar-refractivity contribution is -0.139. The number of likely N-dealkylation sites (tertiary alicyclic amines) is 1. The third kappa shape index (κ3) is 5.32. The number of hydrogen-bond acceptors (Lipinski definition) is 7. The van der Waals surface area contributed by atoms with Crippen LogP contribution in [-0.4, -0.2) is 80.2 Å². The van der Waals surface area contributed by atoms with Gasteiger partial charge >= 0.3 is 0 Å². The molecule has 2 N–H and O–H groups in total. The van der Waals surface area contributed by atoms with Crippen molar-refractivity contribution in [1.82, 2.24) is 24.4 Å². The number of fused-ring (bicyclic) bond motifs is 1. The van der Waals surface area contributed by atoms with Crippen LogP contribution in [0, 0.1) is 6.92 Å². The number of nitrogens with two attached hydrogens (primary N) is 1. The number of unbranched alkanes of at least 4 members (excludes halogenated alkanes) is 3. The summed E-state index contributed by atoms with van der Waals surface area (Å²) in [6, 6.07) is 2.36. The lowest BCUT2D eigenvalue weighted by Crippen LogP contribution is -2.49. The Bertz CT molecular complexity index is 1030. The van der Waals surface area contributed by atoms with Crippen molar-refractivity contribution < 1.29 is 4.79 Å². The first-order valence-corrected chi connectivity index (χ1v) is 14.7. The number of aromatic nitrogens is 3. The largest absolute Gasteiger partial charge is 0.355 e. The minimum absolute atomic E-state index is 0.00519. The molecule has 2 aromatic heterocycles. The standard InChI is InChI=1S/C26H41N7OS/c1-3-4-5-7-11-31-18-35-17-23(31)26(34)32-12-8-6-9-22(32)21-14-24-28-25(19(2)15-33(24)29-21)30-13-10-20(27)16-30/h14-15,20,22-23H,3-13,16-18,27H2,1-2H3. The molecule has 0 spiro atoms. The van der Waals surface area contributed by atoms with Crippen LogP contribution < -0.4 is 10.6 Å². The molecule has 3 aliphatic rings. The molecule has 1 amide bonds. The fourth-order valence-electron chi connectivity index (χ4n) is 5.84. The smallest absolute Gasteiger partial charge is 0.241 e. The molecule has 0 radical (unpaired) electrons. The molecule has 8 nitrogen and oxygen atoms in total. The first-order chi connectivity index (χ1) is 17.0. The van der Waals surface area contributed by atoms with Crippen molar-refractivity contribution in [2.75, 3.05) is 42.7 Å². The first kappa shape index (κ1) is 24.8. The molecule has 0 bridgehead atoms. The average molecular weight is 500 g/mol. The van der Waals surface area contributed by atoms with E-state index in [-0.39, 0.29) is 18.1 Å². The Morgan fingerprint density at radius 3 is 2.89 bits per heavy atom. The predicted molar refractivity (Wildman–Crippen MR) is 143 cm³/mol. The van der Waals surface area contributed by atoms with Gasteiger partial charge in [-0.1, -0.05) is 26.2 Å². The molecule has 3 fully saturated rings. The van der Waals surface area contributed by atoms with E-state index in [2.05, 4.69) is 40.8 Å². The summed E-state index contributed by atoms with van der Waals surface area (Å²) in [6.07, 6.45) is 11.2. The second-order valence-electron chi connectivity index (χ2n) is 10.5. The second-order valence-corrected chi connectivity index (χ2v) is 11.5. The van der Waals surface area contributed by atoms with Crippen molar-refractivity contribution in [3.63, 3.8) is 0 Å².